The van der Waals surface area contributed by atoms with Crippen LogP contribution in [0.4, 0.5) is 0 Å². The van der Waals surface area contributed by atoms with E-state index in [0.29, 0.717) is 0 Å². The van der Waals surface area contributed by atoms with E-state index in [2.05, 4.69) is 4.29 Å². The Labute approximate surface area is 82.2 Å². The molecule has 1 unspecified atom stereocenters. The van der Waals surface area contributed by atoms with Gasteiger partial charge in [0.2, 0.25) is 6.29 Å². The van der Waals surface area contributed by atoms with Gasteiger partial charge in [-0.15, -0.1) is 0 Å². The van der Waals surface area contributed by atoms with E-state index in [4.69, 9.17) is 26.1 Å². The van der Waals surface area contributed by atoms with Crippen LogP contribution in [-0.4, -0.2) is 30.4 Å². The molecule has 5 heteroatoms. The maximum absolute atomic E-state index is 5.63. The normalized spacial score (nSPS) is 48.0. The van der Waals surface area contributed by atoms with Gasteiger partial charge in [-0.2, -0.15) is 0 Å². The Morgan fingerprint density at radius 2 is 1.85 bits per heavy atom. The second kappa shape index (κ2) is 3.07. The Kier molecular flexibility index (Phi) is 2.28. The van der Waals surface area contributed by atoms with Crippen LogP contribution in [0.2, 0.25) is 0 Å². The van der Waals surface area contributed by atoms with Crippen LogP contribution >= 0.6 is 11.9 Å². The molecule has 2 rings (SSSR count). The van der Waals surface area contributed by atoms with Crippen LogP contribution in [0.25, 0.3) is 0 Å². The van der Waals surface area contributed by atoms with Crippen molar-refractivity contribution in [3.8, 4) is 0 Å². The number of ether oxygens (including phenoxy) is 3. The molecule has 0 spiro atoms. The Bertz CT molecular complexity index is 208. The molecule has 0 N–H and O–H groups in total. The average molecular weight is 209 g/mol. The molecule has 0 aromatic heterocycles. The highest BCUT2D eigenvalue weighted by Crippen LogP contribution is 2.38. The summed E-state index contributed by atoms with van der Waals surface area (Å²) in [6.07, 6.45) is -0.875. The summed E-state index contributed by atoms with van der Waals surface area (Å²) in [5.74, 6) is -0.568. The average Bonchev–Trinajstić information content (AvgIpc) is 2.47. The molecule has 0 saturated carbocycles. The molecule has 4 nitrogen and oxygen atoms in total. The summed E-state index contributed by atoms with van der Waals surface area (Å²) in [5.41, 5.74) is 0. The van der Waals surface area contributed by atoms with E-state index >= 15 is 0 Å². The molecule has 2 aliphatic heterocycles. The predicted octanol–water partition coefficient (Wildman–Crippen LogP) is 1.42. The standard InChI is InChI=1S/C8H13ClO4/c1-4-5-6(7(10-4)13-9)12-8(2,3)11-5/h4-7H,1-3H3/t4-,5-,6-,7?/m1/s1. The third kappa shape index (κ3) is 1.57. The van der Waals surface area contributed by atoms with Gasteiger partial charge >= 0.3 is 0 Å². The molecule has 0 bridgehead atoms. The molecule has 2 heterocycles. The second-order valence-corrected chi connectivity index (χ2v) is 4.04. The van der Waals surface area contributed by atoms with Gasteiger partial charge in [0, 0.05) is 0 Å². The highest BCUT2D eigenvalue weighted by Gasteiger charge is 2.54. The summed E-state index contributed by atoms with van der Waals surface area (Å²) >= 11 is 5.27. The third-order valence-corrected chi connectivity index (χ3v) is 2.51. The van der Waals surface area contributed by atoms with Gasteiger partial charge in [0.1, 0.15) is 12.2 Å². The molecule has 2 saturated heterocycles. The van der Waals surface area contributed by atoms with Crippen molar-refractivity contribution in [3.05, 3.63) is 0 Å². The first-order valence-electron chi connectivity index (χ1n) is 4.32. The van der Waals surface area contributed by atoms with Gasteiger partial charge < -0.3 is 14.2 Å². The van der Waals surface area contributed by atoms with Crippen molar-refractivity contribution < 1.29 is 18.5 Å². The van der Waals surface area contributed by atoms with E-state index in [-0.39, 0.29) is 18.3 Å². The van der Waals surface area contributed by atoms with E-state index in [9.17, 15) is 0 Å². The lowest BCUT2D eigenvalue weighted by molar-refractivity contribution is -0.210. The van der Waals surface area contributed by atoms with Crippen molar-refractivity contribution in [2.75, 3.05) is 0 Å². The van der Waals surface area contributed by atoms with Crippen LogP contribution in [0.15, 0.2) is 0 Å². The summed E-state index contributed by atoms with van der Waals surface area (Å²) in [5, 5.41) is 0. The lowest BCUT2D eigenvalue weighted by Gasteiger charge is -2.21. The van der Waals surface area contributed by atoms with Gasteiger partial charge in [-0.1, -0.05) is 0 Å². The molecule has 0 aromatic rings. The Morgan fingerprint density at radius 1 is 1.23 bits per heavy atom. The number of fused-ring (bicyclic) bond motifs is 1. The lowest BCUT2D eigenvalue weighted by atomic mass is 10.2. The minimum absolute atomic E-state index is 0.0458. The molecule has 13 heavy (non-hydrogen) atoms. The van der Waals surface area contributed by atoms with Crippen molar-refractivity contribution in [2.45, 2.75) is 51.2 Å². The van der Waals surface area contributed by atoms with Crippen molar-refractivity contribution in [1.82, 2.24) is 0 Å². The maximum atomic E-state index is 5.63. The number of rotatable bonds is 1. The molecule has 0 radical (unpaired) electrons. The van der Waals surface area contributed by atoms with Crippen LogP contribution in [0.5, 0.6) is 0 Å². The summed E-state index contributed by atoms with van der Waals surface area (Å²) in [4.78, 5) is 0. The molecule has 2 fully saturated rings. The number of hydrogen-bond acceptors (Lipinski definition) is 4. The Hall–Kier alpha value is 0.130. The predicted molar refractivity (Wildman–Crippen MR) is 45.1 cm³/mol. The number of hydrogen-bond donors (Lipinski definition) is 0. The SMILES string of the molecule is C[C@H]1OC(OCl)[C@@H]2OC(C)(C)O[C@H]12. The summed E-state index contributed by atoms with van der Waals surface area (Å²) in [6.45, 7) is 5.64. The smallest absolute Gasteiger partial charge is 0.206 e. The molecule has 0 aliphatic carbocycles. The van der Waals surface area contributed by atoms with Gasteiger partial charge in [-0.3, -0.25) is 0 Å². The highest BCUT2D eigenvalue weighted by molar-refractivity contribution is 6.07. The van der Waals surface area contributed by atoms with Gasteiger partial charge in [-0.05, 0) is 20.8 Å². The first-order valence-corrected chi connectivity index (χ1v) is 4.63. The minimum atomic E-state index is -0.568. The molecular weight excluding hydrogens is 196 g/mol. The fraction of sp³-hybridized carbons (Fsp3) is 1.00. The zero-order valence-corrected chi connectivity index (χ0v) is 8.58. The molecule has 0 aromatic carbocycles. The second-order valence-electron chi connectivity index (χ2n) is 3.86. The quantitative estimate of drug-likeness (QED) is 0.653. The van der Waals surface area contributed by atoms with E-state index in [1.807, 2.05) is 20.8 Å². The lowest BCUT2D eigenvalue weighted by Crippen LogP contribution is -2.29. The van der Waals surface area contributed by atoms with Gasteiger partial charge in [-0.25, -0.2) is 4.29 Å². The van der Waals surface area contributed by atoms with E-state index in [1.165, 1.54) is 0 Å². The molecule has 76 valence electrons. The summed E-state index contributed by atoms with van der Waals surface area (Å²) < 4.78 is 21.2. The van der Waals surface area contributed by atoms with Crippen LogP contribution in [0.1, 0.15) is 20.8 Å². The van der Waals surface area contributed by atoms with Crippen molar-refractivity contribution in [1.29, 1.82) is 0 Å². The van der Waals surface area contributed by atoms with Crippen LogP contribution in [0, 0.1) is 0 Å². The third-order valence-electron chi connectivity index (χ3n) is 2.33. The van der Waals surface area contributed by atoms with E-state index in [0.717, 1.165) is 0 Å². The van der Waals surface area contributed by atoms with Crippen LogP contribution < -0.4 is 0 Å². The fourth-order valence-corrected chi connectivity index (χ4v) is 1.97. The zero-order chi connectivity index (χ0) is 9.64. The molecule has 2 aliphatic rings. The summed E-state index contributed by atoms with van der Waals surface area (Å²) in [7, 11) is 0. The zero-order valence-electron chi connectivity index (χ0n) is 7.82. The van der Waals surface area contributed by atoms with Crippen molar-refractivity contribution >= 4 is 11.9 Å². The topological polar surface area (TPSA) is 36.9 Å². The Balaban J connectivity index is 2.12. The van der Waals surface area contributed by atoms with E-state index in [1.54, 1.807) is 0 Å². The molecule has 4 atom stereocenters. The summed E-state index contributed by atoms with van der Waals surface area (Å²) in [6, 6.07) is 0. The van der Waals surface area contributed by atoms with Gasteiger partial charge in [0.25, 0.3) is 0 Å². The van der Waals surface area contributed by atoms with Crippen molar-refractivity contribution in [2.24, 2.45) is 0 Å². The minimum Gasteiger partial charge on any atom is -0.343 e. The van der Waals surface area contributed by atoms with Gasteiger partial charge in [0.05, 0.1) is 18.0 Å². The van der Waals surface area contributed by atoms with Crippen LogP contribution in [-0.2, 0) is 18.5 Å². The number of halogens is 1. The Morgan fingerprint density at radius 3 is 2.46 bits per heavy atom. The maximum Gasteiger partial charge on any atom is 0.206 e. The molecular formula is C8H13ClO4. The van der Waals surface area contributed by atoms with Crippen molar-refractivity contribution in [3.63, 3.8) is 0 Å². The first kappa shape index (κ1) is 9.68. The van der Waals surface area contributed by atoms with E-state index < -0.39 is 12.1 Å². The monoisotopic (exact) mass is 208 g/mol. The first-order chi connectivity index (χ1) is 6.03. The van der Waals surface area contributed by atoms with Crippen LogP contribution in [0.3, 0.4) is 0 Å². The fourth-order valence-electron chi connectivity index (χ4n) is 1.83. The highest BCUT2D eigenvalue weighted by atomic mass is 35.5. The van der Waals surface area contributed by atoms with Gasteiger partial charge in [0.15, 0.2) is 5.79 Å². The largest absolute Gasteiger partial charge is 0.343 e. The molecule has 0 amide bonds.